The van der Waals surface area contributed by atoms with Gasteiger partial charge in [0, 0.05) is 79.0 Å². The van der Waals surface area contributed by atoms with E-state index in [-0.39, 0.29) is 83.0 Å². The van der Waals surface area contributed by atoms with Crippen molar-refractivity contribution in [3.63, 3.8) is 0 Å². The van der Waals surface area contributed by atoms with Gasteiger partial charge in [-0.05, 0) is 94.3 Å². The molecule has 3 aromatic carbocycles. The maximum atomic E-state index is 16.6. The lowest BCUT2D eigenvalue weighted by Crippen LogP contribution is -2.52. The van der Waals surface area contributed by atoms with Crippen molar-refractivity contribution in [2.75, 3.05) is 56.2 Å². The third-order valence-electron chi connectivity index (χ3n) is 14.1. The van der Waals surface area contributed by atoms with Gasteiger partial charge in [-0.2, -0.15) is 9.97 Å². The Morgan fingerprint density at radius 3 is 2.40 bits per heavy atom. The third kappa shape index (κ3) is 8.33. The van der Waals surface area contributed by atoms with Crippen LogP contribution < -0.4 is 25.2 Å². The molecule has 348 valence electrons. The van der Waals surface area contributed by atoms with Crippen LogP contribution in [-0.2, 0) is 16.1 Å². The fourth-order valence-electron chi connectivity index (χ4n) is 10.5. The van der Waals surface area contributed by atoms with Gasteiger partial charge in [0.1, 0.15) is 41.2 Å². The summed E-state index contributed by atoms with van der Waals surface area (Å²) in [5.41, 5.74) is 1.11. The number of nitrogens with one attached hydrogen (secondary N) is 2. The number of aromatic nitrogens is 3. The number of likely N-dealkylation sites (N-methyl/N-ethyl adjacent to an activating group) is 1. The van der Waals surface area contributed by atoms with E-state index in [1.807, 2.05) is 4.90 Å². The number of benzene rings is 3. The minimum atomic E-state index is -0.749. The smallest absolute Gasteiger partial charge is 0.319 e. The average molecular weight is 918 g/mol. The highest BCUT2D eigenvalue weighted by atomic mass is 19.1. The lowest BCUT2D eigenvalue weighted by molar-refractivity contribution is -0.136. The minimum Gasteiger partial charge on any atom is -0.508 e. The van der Waals surface area contributed by atoms with Gasteiger partial charge in [0.15, 0.2) is 11.6 Å². The number of phenols is 1. The molecule has 5 saturated heterocycles. The van der Waals surface area contributed by atoms with Crippen molar-refractivity contribution in [3.8, 4) is 35.4 Å². The number of aromatic hydroxyl groups is 1. The van der Waals surface area contributed by atoms with Crippen LogP contribution in [-0.4, -0.2) is 129 Å². The Morgan fingerprint density at radius 1 is 0.910 bits per heavy atom. The number of rotatable bonds is 7. The number of carbonyl (C=O) groups is 3. The number of likely N-dealkylation sites (tertiary alicyclic amines) is 1. The summed E-state index contributed by atoms with van der Waals surface area (Å²) in [6.45, 7) is 4.01. The Hall–Kier alpha value is -6.55. The van der Waals surface area contributed by atoms with E-state index in [0.29, 0.717) is 77.8 Å². The third-order valence-corrected chi connectivity index (χ3v) is 14.1. The number of piperazine rings is 1. The minimum absolute atomic E-state index is 0.0244. The first-order valence-electron chi connectivity index (χ1n) is 22.9. The molecule has 2 bridgehead atoms. The maximum absolute atomic E-state index is 16.6. The molecular weight excluding hydrogens is 868 g/mol. The summed E-state index contributed by atoms with van der Waals surface area (Å²) in [4.78, 5) is 57.5. The van der Waals surface area contributed by atoms with E-state index >= 15 is 8.78 Å². The highest BCUT2D eigenvalue weighted by Crippen LogP contribution is 2.40. The fraction of sp³-hybridized carbons (Fsp3) is 0.429. The second-order valence-electron chi connectivity index (χ2n) is 18.3. The number of hydrogen-bond acceptors (Lipinski definition) is 13. The number of terminal acetylenes is 1. The van der Waals surface area contributed by atoms with Gasteiger partial charge in [-0.3, -0.25) is 24.7 Å². The first-order valence-corrected chi connectivity index (χ1v) is 22.9. The summed E-state index contributed by atoms with van der Waals surface area (Å²) in [6, 6.07) is 9.01. The number of nitrogens with zero attached hydrogens (tertiary/aromatic N) is 7. The van der Waals surface area contributed by atoms with Crippen molar-refractivity contribution in [1.82, 2.24) is 35.4 Å². The van der Waals surface area contributed by atoms with Gasteiger partial charge in [-0.25, -0.2) is 13.2 Å². The fourth-order valence-corrected chi connectivity index (χ4v) is 10.5. The molecule has 0 spiro atoms. The molecule has 5 fully saturated rings. The molecule has 15 nitrogen and oxygen atoms in total. The van der Waals surface area contributed by atoms with Crippen LogP contribution >= 0.6 is 0 Å². The van der Waals surface area contributed by atoms with Crippen LogP contribution in [0.5, 0.6) is 11.8 Å². The number of halogens is 3. The molecule has 2 aromatic heterocycles. The monoisotopic (exact) mass is 917 g/mol. The van der Waals surface area contributed by atoms with Gasteiger partial charge in [-0.1, -0.05) is 12.0 Å². The second kappa shape index (κ2) is 17.9. The van der Waals surface area contributed by atoms with Crippen LogP contribution in [0.3, 0.4) is 0 Å². The van der Waals surface area contributed by atoms with E-state index in [2.05, 4.69) is 43.4 Å². The Labute approximate surface area is 384 Å². The van der Waals surface area contributed by atoms with Gasteiger partial charge in [0.05, 0.1) is 29.3 Å². The molecule has 4 N–H and O–H groups in total. The molecule has 18 heteroatoms. The zero-order valence-corrected chi connectivity index (χ0v) is 36.9. The number of amides is 3. The number of hydrogen-bond donors (Lipinski definition) is 4. The molecule has 67 heavy (non-hydrogen) atoms. The van der Waals surface area contributed by atoms with Crippen molar-refractivity contribution >= 4 is 50.9 Å². The molecule has 0 aliphatic carbocycles. The van der Waals surface area contributed by atoms with Crippen molar-refractivity contribution in [2.45, 2.75) is 88.2 Å². The number of pyridine rings is 1. The topological polar surface area (TPSA) is 177 Å². The number of ether oxygens (including phenoxy) is 1. The zero-order chi connectivity index (χ0) is 46.7. The second-order valence-corrected chi connectivity index (χ2v) is 18.3. The Kier molecular flexibility index (Phi) is 11.8. The molecule has 8 heterocycles. The number of imide groups is 1. The SMILES string of the molecule is C#Cc1c(F)ccc2cc(O)cc(-c3ncc4c(N5CC6CCC(C5)N6)nc(OCC5CCCN5C)nc4c3F)c12.O=C1CCC(N2Cc3c(ccc(N4CCC(O)CC4)c3F)C2=O)C(=O)N1. The molecule has 4 unspecified atom stereocenters. The molecule has 0 radical (unpaired) electrons. The van der Waals surface area contributed by atoms with Gasteiger partial charge in [0.25, 0.3) is 5.91 Å². The highest BCUT2D eigenvalue weighted by molar-refractivity contribution is 6.06. The van der Waals surface area contributed by atoms with Gasteiger partial charge >= 0.3 is 6.01 Å². The van der Waals surface area contributed by atoms with Crippen LogP contribution in [0.15, 0.2) is 42.6 Å². The normalized spacial score (nSPS) is 23.1. The number of carbonyl (C=O) groups excluding carboxylic acids is 3. The quantitative estimate of drug-likeness (QED) is 0.130. The molecule has 5 aromatic rings. The highest BCUT2D eigenvalue weighted by Gasteiger charge is 2.41. The summed E-state index contributed by atoms with van der Waals surface area (Å²) >= 11 is 0. The number of anilines is 2. The lowest BCUT2D eigenvalue weighted by atomic mass is 9.96. The molecule has 0 saturated carbocycles. The van der Waals surface area contributed by atoms with Crippen LogP contribution in [0.2, 0.25) is 0 Å². The first kappa shape index (κ1) is 44.3. The predicted molar refractivity (Wildman–Crippen MR) is 243 cm³/mol. The molecule has 4 atom stereocenters. The van der Waals surface area contributed by atoms with E-state index in [1.165, 1.54) is 29.2 Å². The summed E-state index contributed by atoms with van der Waals surface area (Å²) in [7, 11) is 2.06. The molecule has 11 rings (SSSR count). The van der Waals surface area contributed by atoms with Crippen LogP contribution in [0.25, 0.3) is 32.9 Å². The molecular formula is C49H50F3N9O6. The summed E-state index contributed by atoms with van der Waals surface area (Å²) in [6.07, 6.45) is 12.7. The van der Waals surface area contributed by atoms with Gasteiger partial charge < -0.3 is 39.9 Å². The van der Waals surface area contributed by atoms with Crippen molar-refractivity contribution in [3.05, 3.63) is 76.7 Å². The maximum Gasteiger partial charge on any atom is 0.319 e. The predicted octanol–water partition coefficient (Wildman–Crippen LogP) is 4.77. The molecule has 6 aliphatic rings. The van der Waals surface area contributed by atoms with Gasteiger partial charge in [-0.15, -0.1) is 6.42 Å². The Morgan fingerprint density at radius 2 is 1.69 bits per heavy atom. The first-order chi connectivity index (χ1) is 32.3. The van der Waals surface area contributed by atoms with Crippen molar-refractivity contribution < 1.29 is 42.5 Å². The number of piperidine rings is 2. The summed E-state index contributed by atoms with van der Waals surface area (Å²) < 4.78 is 52.5. The summed E-state index contributed by atoms with van der Waals surface area (Å²) in [5.74, 6) is -0.168. The van der Waals surface area contributed by atoms with Crippen molar-refractivity contribution in [2.24, 2.45) is 0 Å². The standard InChI is InChI=1S/C31H30F2N6O2.C18H20FN3O4/c1-3-22-25(32)9-6-17-11-21(40)12-23(26(17)22)28-27(33)29-24(13-34-28)30(39-14-18-7-8-19(15-39)35-18)37-31(36-29)41-16-20-5-4-10-38(20)2;19-16-12-9-22(14-3-4-15(24)20-17(14)25)18(26)11(12)1-2-13(16)21-7-5-10(23)6-8-21/h1,6,9,11-13,18-20,35,40H,4-5,7-8,10,14-16H2,2H3;1-2,10,14,23H,3-9H2,(H,20,24,25). The van der Waals surface area contributed by atoms with Gasteiger partial charge in [0.2, 0.25) is 11.8 Å². The molecule has 3 amide bonds. The number of aliphatic hydroxyl groups is 1. The van der Waals surface area contributed by atoms with Crippen LogP contribution in [0.4, 0.5) is 24.7 Å². The van der Waals surface area contributed by atoms with E-state index in [1.54, 1.807) is 18.3 Å². The summed E-state index contributed by atoms with van der Waals surface area (Å²) in [5, 5.41) is 27.2. The van der Waals surface area contributed by atoms with E-state index < -0.39 is 29.4 Å². The Balaban J connectivity index is 0.000000174. The van der Waals surface area contributed by atoms with E-state index in [0.717, 1.165) is 45.3 Å². The van der Waals surface area contributed by atoms with E-state index in [9.17, 15) is 29.0 Å². The zero-order valence-electron chi connectivity index (χ0n) is 36.9. The lowest BCUT2D eigenvalue weighted by Gasteiger charge is -2.34. The van der Waals surface area contributed by atoms with E-state index in [4.69, 9.17) is 16.1 Å². The largest absolute Gasteiger partial charge is 0.508 e. The van der Waals surface area contributed by atoms with Crippen molar-refractivity contribution in [1.29, 1.82) is 0 Å². The number of fused-ring (bicyclic) bond motifs is 5. The van der Waals surface area contributed by atoms with Crippen LogP contribution in [0.1, 0.15) is 72.9 Å². The number of aliphatic hydroxyl groups excluding tert-OH is 1. The van der Waals surface area contributed by atoms with Crippen LogP contribution in [0, 0.1) is 29.8 Å². The number of phenolic OH excluding ortho intramolecular Hbond substituents is 1. The Bertz CT molecular complexity index is 2860. The molecule has 6 aliphatic heterocycles. The average Bonchev–Trinajstić information content (AvgIpc) is 4.00.